The largest absolute Gasteiger partial charge is 0.208 e. The molecule has 0 atom stereocenters. The fourth-order valence-corrected chi connectivity index (χ4v) is 9.40. The van der Waals surface area contributed by atoms with Crippen molar-refractivity contribution in [1.82, 2.24) is 15.0 Å². The van der Waals surface area contributed by atoms with Crippen LogP contribution in [-0.4, -0.2) is 15.0 Å². The first-order valence-corrected chi connectivity index (χ1v) is 21.1. The summed E-state index contributed by atoms with van der Waals surface area (Å²) in [5.74, 6) is 1.92. The minimum absolute atomic E-state index is 0.633. The van der Waals surface area contributed by atoms with E-state index >= 15 is 0 Å². The predicted octanol–water partition coefficient (Wildman–Crippen LogP) is 15.5. The zero-order valence-electron chi connectivity index (χ0n) is 33.7. The molecule has 11 aromatic rings. The van der Waals surface area contributed by atoms with Crippen LogP contribution in [0.3, 0.4) is 0 Å². The summed E-state index contributed by atoms with van der Waals surface area (Å²) in [6.45, 7) is 0. The molecule has 1 aromatic heterocycles. The zero-order chi connectivity index (χ0) is 41.0. The van der Waals surface area contributed by atoms with E-state index in [9.17, 15) is 0 Å². The maximum absolute atomic E-state index is 5.09. The normalized spacial score (nSPS) is 11.5. The van der Waals surface area contributed by atoms with Gasteiger partial charge in [-0.05, 0) is 107 Å². The van der Waals surface area contributed by atoms with Crippen LogP contribution in [0, 0.1) is 0 Å². The number of aromatic nitrogens is 3. The van der Waals surface area contributed by atoms with E-state index in [0.29, 0.717) is 17.5 Å². The molecular formula is C59H37N3. The summed E-state index contributed by atoms with van der Waals surface area (Å²) in [5, 5.41) is 4.91. The Labute approximate surface area is 360 Å². The topological polar surface area (TPSA) is 38.7 Å². The van der Waals surface area contributed by atoms with E-state index in [1.165, 1.54) is 77.2 Å². The molecule has 3 heteroatoms. The van der Waals surface area contributed by atoms with Gasteiger partial charge in [0.2, 0.25) is 0 Å². The summed E-state index contributed by atoms with van der Waals surface area (Å²) >= 11 is 0. The lowest BCUT2D eigenvalue weighted by atomic mass is 9.87. The lowest BCUT2D eigenvalue weighted by Crippen LogP contribution is -2.00. The first kappa shape index (κ1) is 35.7. The Morgan fingerprint density at radius 1 is 0.226 bits per heavy atom. The molecule has 0 aliphatic heterocycles. The van der Waals surface area contributed by atoms with Crippen molar-refractivity contribution in [2.75, 3.05) is 0 Å². The van der Waals surface area contributed by atoms with Gasteiger partial charge in [0.25, 0.3) is 0 Å². The smallest absolute Gasteiger partial charge is 0.164 e. The Bertz CT molecular complexity index is 3360. The van der Waals surface area contributed by atoms with Crippen LogP contribution in [0.25, 0.3) is 122 Å². The van der Waals surface area contributed by atoms with Crippen molar-refractivity contribution in [3.8, 4) is 101 Å². The van der Waals surface area contributed by atoms with Crippen LogP contribution < -0.4 is 0 Å². The minimum atomic E-state index is 0.633. The highest BCUT2D eigenvalue weighted by Gasteiger charge is 2.29. The van der Waals surface area contributed by atoms with Crippen molar-refractivity contribution >= 4 is 21.5 Å². The van der Waals surface area contributed by atoms with Gasteiger partial charge in [0.05, 0.1) is 0 Å². The van der Waals surface area contributed by atoms with Gasteiger partial charge in [0.15, 0.2) is 17.5 Å². The molecular weight excluding hydrogens is 751 g/mol. The third kappa shape index (κ3) is 6.02. The monoisotopic (exact) mass is 787 g/mol. The molecule has 1 aliphatic carbocycles. The van der Waals surface area contributed by atoms with Crippen LogP contribution in [-0.2, 0) is 0 Å². The SMILES string of the molecule is c1ccc(-c2nc(-c3ccccc3)nc(-c3cccc(-c4cc5ccccc5cc4-c4ccc5c6c(cccc46)-c4c(-c6ccccc6)ccc(-c6ccccc6)c4-5)c3)n2)cc1. The summed E-state index contributed by atoms with van der Waals surface area (Å²) in [5.41, 5.74) is 17.5. The number of hydrogen-bond donors (Lipinski definition) is 0. The van der Waals surface area contributed by atoms with Crippen molar-refractivity contribution in [3.05, 3.63) is 224 Å². The summed E-state index contributed by atoms with van der Waals surface area (Å²) in [4.78, 5) is 15.1. The van der Waals surface area contributed by atoms with E-state index in [4.69, 9.17) is 15.0 Å². The van der Waals surface area contributed by atoms with Crippen molar-refractivity contribution < 1.29 is 0 Å². The van der Waals surface area contributed by atoms with Gasteiger partial charge in [-0.3, -0.25) is 0 Å². The maximum atomic E-state index is 5.09. The standard InChI is InChI=1S/C59H37N3/c1-5-17-38(18-6-1)46-31-32-47(39-19-7-2-8-20-39)56-51-34-33-48(49-29-16-30-50(54(49)51)55(46)56)53-37-43-26-14-13-25-42(43)36-52(53)44-27-15-28-45(35-44)59-61-57(40-21-9-3-10-22-40)60-58(62-59)41-23-11-4-12-24-41/h1-37H. The predicted molar refractivity (Wildman–Crippen MR) is 257 cm³/mol. The molecule has 3 nitrogen and oxygen atoms in total. The van der Waals surface area contributed by atoms with E-state index in [2.05, 4.69) is 164 Å². The Kier molecular flexibility index (Phi) is 8.50. The highest BCUT2D eigenvalue weighted by atomic mass is 15.0. The van der Waals surface area contributed by atoms with Crippen molar-refractivity contribution in [2.24, 2.45) is 0 Å². The van der Waals surface area contributed by atoms with Gasteiger partial charge < -0.3 is 0 Å². The highest BCUT2D eigenvalue weighted by molar-refractivity contribution is 6.24. The second-order valence-electron chi connectivity index (χ2n) is 15.9. The molecule has 0 saturated heterocycles. The van der Waals surface area contributed by atoms with Crippen LogP contribution in [0.5, 0.6) is 0 Å². The number of fused-ring (bicyclic) bond motifs is 4. The molecule has 1 aliphatic rings. The second kappa shape index (κ2) is 14.8. The van der Waals surface area contributed by atoms with E-state index in [1.54, 1.807) is 0 Å². The number of nitrogens with zero attached hydrogens (tertiary/aromatic N) is 3. The second-order valence-corrected chi connectivity index (χ2v) is 15.9. The van der Waals surface area contributed by atoms with Gasteiger partial charge in [-0.2, -0.15) is 0 Å². The van der Waals surface area contributed by atoms with E-state index in [1.807, 2.05) is 60.7 Å². The van der Waals surface area contributed by atoms with E-state index in [0.717, 1.165) is 27.8 Å². The van der Waals surface area contributed by atoms with Crippen LogP contribution in [0.1, 0.15) is 0 Å². The number of rotatable bonds is 7. The van der Waals surface area contributed by atoms with Gasteiger partial charge in [-0.15, -0.1) is 0 Å². The molecule has 0 N–H and O–H groups in total. The van der Waals surface area contributed by atoms with Crippen LogP contribution in [0.4, 0.5) is 0 Å². The molecule has 0 unspecified atom stereocenters. The molecule has 0 amide bonds. The van der Waals surface area contributed by atoms with Gasteiger partial charge in [0, 0.05) is 16.7 Å². The minimum Gasteiger partial charge on any atom is -0.208 e. The van der Waals surface area contributed by atoms with Gasteiger partial charge in [-0.25, -0.2) is 15.0 Å². The molecule has 0 fully saturated rings. The molecule has 10 aromatic carbocycles. The van der Waals surface area contributed by atoms with Crippen molar-refractivity contribution in [1.29, 1.82) is 0 Å². The van der Waals surface area contributed by atoms with Crippen molar-refractivity contribution in [3.63, 3.8) is 0 Å². The maximum Gasteiger partial charge on any atom is 0.164 e. The molecule has 62 heavy (non-hydrogen) atoms. The Morgan fingerprint density at radius 3 is 1.19 bits per heavy atom. The molecule has 0 saturated carbocycles. The van der Waals surface area contributed by atoms with Crippen LogP contribution in [0.2, 0.25) is 0 Å². The van der Waals surface area contributed by atoms with Crippen molar-refractivity contribution in [2.45, 2.75) is 0 Å². The van der Waals surface area contributed by atoms with Gasteiger partial charge in [-0.1, -0.05) is 206 Å². The van der Waals surface area contributed by atoms with E-state index in [-0.39, 0.29) is 0 Å². The fraction of sp³-hybridized carbons (Fsp3) is 0. The molecule has 12 rings (SSSR count). The number of hydrogen-bond acceptors (Lipinski definition) is 3. The molecule has 288 valence electrons. The van der Waals surface area contributed by atoms with Gasteiger partial charge in [0.1, 0.15) is 0 Å². The average molecular weight is 788 g/mol. The van der Waals surface area contributed by atoms with Crippen LogP contribution >= 0.6 is 0 Å². The number of benzene rings is 10. The lowest BCUT2D eigenvalue weighted by molar-refractivity contribution is 1.07. The fourth-order valence-electron chi connectivity index (χ4n) is 9.40. The molecule has 0 bridgehead atoms. The molecule has 0 spiro atoms. The van der Waals surface area contributed by atoms with E-state index < -0.39 is 0 Å². The lowest BCUT2D eigenvalue weighted by Gasteiger charge is -2.17. The Morgan fingerprint density at radius 2 is 0.629 bits per heavy atom. The summed E-state index contributed by atoms with van der Waals surface area (Å²) in [6.07, 6.45) is 0. The third-order valence-electron chi connectivity index (χ3n) is 12.3. The molecule has 1 heterocycles. The summed E-state index contributed by atoms with van der Waals surface area (Å²) in [7, 11) is 0. The first-order chi connectivity index (χ1) is 30.7. The zero-order valence-corrected chi connectivity index (χ0v) is 33.7. The summed E-state index contributed by atoms with van der Waals surface area (Å²) < 4.78 is 0. The summed E-state index contributed by atoms with van der Waals surface area (Å²) in [6, 6.07) is 80.2. The van der Waals surface area contributed by atoms with Gasteiger partial charge >= 0.3 is 0 Å². The average Bonchev–Trinajstić information content (AvgIpc) is 3.70. The Hall–Kier alpha value is -8.27. The highest BCUT2D eigenvalue weighted by Crippen LogP contribution is 2.56. The first-order valence-electron chi connectivity index (χ1n) is 21.1. The molecule has 0 radical (unpaired) electrons. The quantitative estimate of drug-likeness (QED) is 0.161. The third-order valence-corrected chi connectivity index (χ3v) is 12.3. The Balaban J connectivity index is 1.06. The van der Waals surface area contributed by atoms with Crippen LogP contribution in [0.15, 0.2) is 224 Å².